The lowest BCUT2D eigenvalue weighted by Gasteiger charge is -2.16. The Morgan fingerprint density at radius 2 is 1.79 bits per heavy atom. The number of nitrogens with zero attached hydrogens (tertiary/aromatic N) is 1. The Kier molecular flexibility index (Phi) is 9.72. The molecule has 2 aromatic rings. The van der Waals surface area contributed by atoms with Crippen molar-refractivity contribution in [3.8, 4) is 11.5 Å². The van der Waals surface area contributed by atoms with E-state index >= 15 is 0 Å². The first-order chi connectivity index (χ1) is 13.7. The molecule has 6 nitrogen and oxygen atoms in total. The largest absolute Gasteiger partial charge is 0.492 e. The molecule has 0 atom stereocenters. The summed E-state index contributed by atoms with van der Waals surface area (Å²) in [6, 6.07) is 16.0. The lowest BCUT2D eigenvalue weighted by atomic mass is 10.1. The van der Waals surface area contributed by atoms with Crippen LogP contribution in [-0.4, -0.2) is 46.0 Å². The van der Waals surface area contributed by atoms with Crippen molar-refractivity contribution in [1.82, 2.24) is 10.6 Å². The van der Waals surface area contributed by atoms with Gasteiger partial charge in [-0.15, -0.1) is 0 Å². The van der Waals surface area contributed by atoms with E-state index in [1.807, 2.05) is 43.3 Å². The molecular formula is C22H31N3O3. The van der Waals surface area contributed by atoms with E-state index in [0.29, 0.717) is 39.5 Å². The van der Waals surface area contributed by atoms with Crippen molar-refractivity contribution in [2.75, 3.05) is 40.0 Å². The summed E-state index contributed by atoms with van der Waals surface area (Å²) in [7, 11) is 1.75. The molecule has 0 radical (unpaired) electrons. The quantitative estimate of drug-likeness (QED) is 0.353. The molecule has 0 aromatic heterocycles. The number of nitrogens with one attached hydrogen (secondary N) is 2. The van der Waals surface area contributed by atoms with Gasteiger partial charge in [0.2, 0.25) is 0 Å². The minimum absolute atomic E-state index is 0.536. The maximum atomic E-state index is 5.89. The second-order valence-electron chi connectivity index (χ2n) is 6.17. The Morgan fingerprint density at radius 1 is 0.964 bits per heavy atom. The van der Waals surface area contributed by atoms with Gasteiger partial charge in [0.25, 0.3) is 0 Å². The number of benzene rings is 2. The molecule has 152 valence electrons. The third-order valence-corrected chi connectivity index (χ3v) is 3.99. The van der Waals surface area contributed by atoms with Crippen LogP contribution >= 0.6 is 0 Å². The van der Waals surface area contributed by atoms with E-state index < -0.39 is 0 Å². The number of guanidine groups is 1. The van der Waals surface area contributed by atoms with Crippen molar-refractivity contribution < 1.29 is 14.2 Å². The minimum atomic E-state index is 0.536. The Bertz CT molecular complexity index is 720. The molecule has 0 aliphatic rings. The maximum Gasteiger partial charge on any atom is 0.191 e. The maximum absolute atomic E-state index is 5.89. The highest BCUT2D eigenvalue weighted by Crippen LogP contribution is 2.20. The third kappa shape index (κ3) is 7.88. The fraction of sp³-hybridized carbons (Fsp3) is 0.409. The molecule has 2 N–H and O–H groups in total. The number of aliphatic imine (C=N–C) groups is 1. The van der Waals surface area contributed by atoms with E-state index in [2.05, 4.69) is 34.7 Å². The second-order valence-corrected chi connectivity index (χ2v) is 6.17. The summed E-state index contributed by atoms with van der Waals surface area (Å²) in [5.74, 6) is 2.45. The SMILES string of the molecule is CCOCCOc1cc(C)ccc1CNC(=NC)NCCOc1ccccc1. The number of ether oxygens (including phenoxy) is 3. The number of rotatable bonds is 11. The van der Waals surface area contributed by atoms with Crippen LogP contribution in [-0.2, 0) is 11.3 Å². The lowest BCUT2D eigenvalue weighted by Crippen LogP contribution is -2.39. The monoisotopic (exact) mass is 385 g/mol. The van der Waals surface area contributed by atoms with E-state index in [-0.39, 0.29) is 0 Å². The molecular weight excluding hydrogens is 354 g/mol. The molecule has 0 fully saturated rings. The van der Waals surface area contributed by atoms with Gasteiger partial charge in [0, 0.05) is 25.8 Å². The van der Waals surface area contributed by atoms with Crippen LogP contribution in [0.25, 0.3) is 0 Å². The first-order valence-electron chi connectivity index (χ1n) is 9.65. The zero-order valence-corrected chi connectivity index (χ0v) is 17.0. The third-order valence-electron chi connectivity index (χ3n) is 3.99. The van der Waals surface area contributed by atoms with Crippen LogP contribution in [0.15, 0.2) is 53.5 Å². The number of para-hydroxylation sites is 1. The van der Waals surface area contributed by atoms with Gasteiger partial charge in [0.15, 0.2) is 5.96 Å². The Hall–Kier alpha value is -2.73. The smallest absolute Gasteiger partial charge is 0.191 e. The number of hydrogen-bond donors (Lipinski definition) is 2. The Balaban J connectivity index is 1.78. The van der Waals surface area contributed by atoms with Gasteiger partial charge in [-0.25, -0.2) is 0 Å². The number of hydrogen-bond acceptors (Lipinski definition) is 4. The summed E-state index contributed by atoms with van der Waals surface area (Å²) in [6.45, 7) is 7.67. The summed E-state index contributed by atoms with van der Waals surface area (Å²) in [6.07, 6.45) is 0. The van der Waals surface area contributed by atoms with Crippen LogP contribution < -0.4 is 20.1 Å². The lowest BCUT2D eigenvalue weighted by molar-refractivity contribution is 0.110. The summed E-state index contributed by atoms with van der Waals surface area (Å²) in [5.41, 5.74) is 2.24. The highest BCUT2D eigenvalue weighted by Gasteiger charge is 2.06. The molecule has 0 spiro atoms. The van der Waals surface area contributed by atoms with Crippen molar-refractivity contribution in [3.05, 3.63) is 59.7 Å². The van der Waals surface area contributed by atoms with Crippen molar-refractivity contribution in [2.45, 2.75) is 20.4 Å². The van der Waals surface area contributed by atoms with E-state index in [0.717, 1.165) is 28.6 Å². The highest BCUT2D eigenvalue weighted by molar-refractivity contribution is 5.79. The van der Waals surface area contributed by atoms with E-state index in [4.69, 9.17) is 14.2 Å². The van der Waals surface area contributed by atoms with Gasteiger partial charge >= 0.3 is 0 Å². The van der Waals surface area contributed by atoms with Crippen molar-refractivity contribution >= 4 is 5.96 Å². The van der Waals surface area contributed by atoms with Gasteiger partial charge in [-0.2, -0.15) is 0 Å². The predicted molar refractivity (Wildman–Crippen MR) is 113 cm³/mol. The fourth-order valence-corrected chi connectivity index (χ4v) is 2.55. The van der Waals surface area contributed by atoms with Crippen LogP contribution in [0.3, 0.4) is 0 Å². The molecule has 28 heavy (non-hydrogen) atoms. The molecule has 0 saturated carbocycles. The van der Waals surface area contributed by atoms with Gasteiger partial charge in [-0.1, -0.05) is 30.3 Å². The van der Waals surface area contributed by atoms with Crippen LogP contribution in [0.1, 0.15) is 18.1 Å². The first-order valence-corrected chi connectivity index (χ1v) is 9.65. The average molecular weight is 386 g/mol. The molecule has 0 amide bonds. The van der Waals surface area contributed by atoms with Gasteiger partial charge < -0.3 is 24.8 Å². The van der Waals surface area contributed by atoms with Crippen molar-refractivity contribution in [3.63, 3.8) is 0 Å². The van der Waals surface area contributed by atoms with E-state index in [1.165, 1.54) is 0 Å². The molecule has 2 rings (SSSR count). The minimum Gasteiger partial charge on any atom is -0.492 e. The van der Waals surface area contributed by atoms with Gasteiger partial charge in [0.1, 0.15) is 24.7 Å². The first kappa shape index (κ1) is 21.6. The average Bonchev–Trinajstić information content (AvgIpc) is 2.72. The van der Waals surface area contributed by atoms with Gasteiger partial charge in [-0.3, -0.25) is 4.99 Å². The van der Waals surface area contributed by atoms with Crippen LogP contribution in [0.4, 0.5) is 0 Å². The van der Waals surface area contributed by atoms with E-state index in [9.17, 15) is 0 Å². The standard InChI is InChI=1S/C22H31N3O3/c1-4-26-14-15-28-21-16-18(2)10-11-19(21)17-25-22(23-3)24-12-13-27-20-8-6-5-7-9-20/h5-11,16H,4,12-15,17H2,1-3H3,(H2,23,24,25). The molecule has 0 aliphatic heterocycles. The summed E-state index contributed by atoms with van der Waals surface area (Å²) >= 11 is 0. The summed E-state index contributed by atoms with van der Waals surface area (Å²) < 4.78 is 16.9. The second kappa shape index (κ2) is 12.6. The van der Waals surface area contributed by atoms with Crippen LogP contribution in [0, 0.1) is 6.92 Å². The molecule has 0 bridgehead atoms. The molecule has 0 aliphatic carbocycles. The van der Waals surface area contributed by atoms with Gasteiger partial charge in [0.05, 0.1) is 13.2 Å². The van der Waals surface area contributed by atoms with Gasteiger partial charge in [-0.05, 0) is 37.6 Å². The van der Waals surface area contributed by atoms with Crippen LogP contribution in [0.5, 0.6) is 11.5 Å². The summed E-state index contributed by atoms with van der Waals surface area (Å²) in [4.78, 5) is 4.26. The normalized spacial score (nSPS) is 11.2. The fourth-order valence-electron chi connectivity index (χ4n) is 2.55. The predicted octanol–water partition coefficient (Wildman–Crippen LogP) is 3.15. The summed E-state index contributed by atoms with van der Waals surface area (Å²) in [5, 5.41) is 6.57. The zero-order valence-electron chi connectivity index (χ0n) is 17.0. The molecule has 0 heterocycles. The molecule has 2 aromatic carbocycles. The molecule has 6 heteroatoms. The van der Waals surface area contributed by atoms with Crippen molar-refractivity contribution in [1.29, 1.82) is 0 Å². The van der Waals surface area contributed by atoms with Crippen LogP contribution in [0.2, 0.25) is 0 Å². The number of aryl methyl sites for hydroxylation is 1. The van der Waals surface area contributed by atoms with E-state index in [1.54, 1.807) is 7.05 Å². The molecule has 0 unspecified atom stereocenters. The molecule has 0 saturated heterocycles. The van der Waals surface area contributed by atoms with Crippen molar-refractivity contribution in [2.24, 2.45) is 4.99 Å². The zero-order chi connectivity index (χ0) is 20.0. The highest BCUT2D eigenvalue weighted by atomic mass is 16.5. The Morgan fingerprint density at radius 3 is 2.54 bits per heavy atom. The Labute approximate surface area is 167 Å². The topological polar surface area (TPSA) is 64.1 Å².